The molecule has 3 aromatic rings. The highest BCUT2D eigenvalue weighted by Gasteiger charge is 2.14. The third-order valence-corrected chi connectivity index (χ3v) is 3.94. The molecule has 0 aliphatic carbocycles. The quantitative estimate of drug-likeness (QED) is 0.630. The van der Waals surface area contributed by atoms with Crippen molar-refractivity contribution in [2.75, 3.05) is 7.11 Å². The highest BCUT2D eigenvalue weighted by Crippen LogP contribution is 2.34. The molecule has 6 heteroatoms. The van der Waals surface area contributed by atoms with Crippen molar-refractivity contribution in [3.63, 3.8) is 0 Å². The summed E-state index contributed by atoms with van der Waals surface area (Å²) in [5.41, 5.74) is 1.61. The van der Waals surface area contributed by atoms with Crippen molar-refractivity contribution in [3.05, 3.63) is 52.8 Å². The second kappa shape index (κ2) is 5.95. The molecular formula is C15H12BrClN2O2. The third-order valence-electron chi connectivity index (χ3n) is 3.06. The molecule has 0 aliphatic heterocycles. The summed E-state index contributed by atoms with van der Waals surface area (Å²) >= 11 is 9.50. The maximum atomic E-state index is 6.03. The van der Waals surface area contributed by atoms with Gasteiger partial charge in [0, 0.05) is 6.20 Å². The number of methoxy groups -OCH3 is 1. The number of ether oxygens (including phenoxy) is 2. The van der Waals surface area contributed by atoms with Gasteiger partial charge in [-0.3, -0.25) is 4.40 Å². The number of nitrogens with zero attached hydrogens (tertiary/aromatic N) is 2. The Hall–Kier alpha value is -1.72. The zero-order valence-corrected chi connectivity index (χ0v) is 13.6. The van der Waals surface area contributed by atoms with E-state index in [2.05, 4.69) is 20.9 Å². The van der Waals surface area contributed by atoms with Crippen LogP contribution in [-0.2, 0) is 5.88 Å². The van der Waals surface area contributed by atoms with Gasteiger partial charge in [0.05, 0.1) is 17.5 Å². The molecule has 0 spiro atoms. The van der Waals surface area contributed by atoms with Crippen LogP contribution >= 0.6 is 27.5 Å². The minimum Gasteiger partial charge on any atom is -0.497 e. The monoisotopic (exact) mass is 366 g/mol. The predicted octanol–water partition coefficient (Wildman–Crippen LogP) is 4.64. The first-order chi connectivity index (χ1) is 10.2. The molecule has 21 heavy (non-hydrogen) atoms. The second-order valence-corrected chi connectivity index (χ2v) is 5.45. The molecule has 0 aliphatic rings. The molecule has 1 aromatic carbocycles. The fourth-order valence-corrected chi connectivity index (χ4v) is 2.71. The van der Waals surface area contributed by atoms with Crippen LogP contribution in [0.4, 0.5) is 0 Å². The van der Waals surface area contributed by atoms with Crippen LogP contribution in [0.1, 0.15) is 5.69 Å². The first kappa shape index (κ1) is 14.2. The normalized spacial score (nSPS) is 10.8. The van der Waals surface area contributed by atoms with Crippen molar-refractivity contribution >= 4 is 33.2 Å². The Morgan fingerprint density at radius 1 is 1.29 bits per heavy atom. The molecule has 4 nitrogen and oxygen atoms in total. The molecule has 0 N–H and O–H groups in total. The van der Waals surface area contributed by atoms with E-state index in [-0.39, 0.29) is 0 Å². The number of fused-ring (bicyclic) bond motifs is 1. The summed E-state index contributed by atoms with van der Waals surface area (Å²) in [6, 6.07) is 11.3. The smallest absolute Gasteiger partial charge is 0.242 e. The maximum Gasteiger partial charge on any atom is 0.242 e. The van der Waals surface area contributed by atoms with E-state index in [9.17, 15) is 0 Å². The molecule has 0 saturated carbocycles. The molecule has 0 atom stereocenters. The Kier molecular flexibility index (Phi) is 4.03. The number of aromatic nitrogens is 2. The van der Waals surface area contributed by atoms with Crippen molar-refractivity contribution in [1.82, 2.24) is 9.38 Å². The van der Waals surface area contributed by atoms with Gasteiger partial charge in [-0.15, -0.1) is 11.6 Å². The van der Waals surface area contributed by atoms with Crippen LogP contribution in [0, 0.1) is 0 Å². The summed E-state index contributed by atoms with van der Waals surface area (Å²) in [5.74, 6) is 2.23. The van der Waals surface area contributed by atoms with Crippen molar-refractivity contribution in [2.24, 2.45) is 0 Å². The molecule has 3 rings (SSSR count). The van der Waals surface area contributed by atoms with Gasteiger partial charge in [0.1, 0.15) is 22.8 Å². The summed E-state index contributed by atoms with van der Waals surface area (Å²) < 4.78 is 13.8. The van der Waals surface area contributed by atoms with Gasteiger partial charge >= 0.3 is 0 Å². The second-order valence-electron chi connectivity index (χ2n) is 4.32. The van der Waals surface area contributed by atoms with Gasteiger partial charge in [-0.1, -0.05) is 6.07 Å². The largest absolute Gasteiger partial charge is 0.497 e. The fourth-order valence-electron chi connectivity index (χ4n) is 2.02. The lowest BCUT2D eigenvalue weighted by atomic mass is 10.3. The molecule has 0 radical (unpaired) electrons. The van der Waals surface area contributed by atoms with Crippen molar-refractivity contribution < 1.29 is 9.47 Å². The Balaban J connectivity index is 2.01. The van der Waals surface area contributed by atoms with Gasteiger partial charge in [-0.05, 0) is 46.3 Å². The highest BCUT2D eigenvalue weighted by molar-refractivity contribution is 9.10. The van der Waals surface area contributed by atoms with Crippen LogP contribution in [0.15, 0.2) is 47.1 Å². The number of imidazole rings is 1. The minimum atomic E-state index is 0.314. The lowest BCUT2D eigenvalue weighted by Gasteiger charge is -2.08. The Morgan fingerprint density at radius 3 is 2.86 bits per heavy atom. The molecule has 0 amide bonds. The van der Waals surface area contributed by atoms with Gasteiger partial charge in [0.2, 0.25) is 5.88 Å². The standard InChI is InChI=1S/C15H12BrClN2O2/c1-20-10-5-6-13(11(16)8-10)21-15-12(9-17)19-7-3-2-4-14(19)18-15/h2-8H,9H2,1H3. The van der Waals surface area contributed by atoms with Crippen LogP contribution in [0.5, 0.6) is 17.4 Å². The van der Waals surface area contributed by atoms with Crippen LogP contribution < -0.4 is 9.47 Å². The van der Waals surface area contributed by atoms with E-state index in [0.717, 1.165) is 21.6 Å². The highest BCUT2D eigenvalue weighted by atomic mass is 79.9. The zero-order chi connectivity index (χ0) is 14.8. The van der Waals surface area contributed by atoms with Crippen molar-refractivity contribution in [2.45, 2.75) is 5.88 Å². The van der Waals surface area contributed by atoms with Gasteiger partial charge in [-0.25, -0.2) is 0 Å². The average Bonchev–Trinajstić information content (AvgIpc) is 2.86. The number of alkyl halides is 1. The summed E-state index contributed by atoms with van der Waals surface area (Å²) in [7, 11) is 1.62. The zero-order valence-electron chi connectivity index (χ0n) is 11.2. The SMILES string of the molecule is COc1ccc(Oc2nc3ccccn3c2CCl)c(Br)c1. The number of rotatable bonds is 4. The predicted molar refractivity (Wildman–Crippen MR) is 85.5 cm³/mol. The lowest BCUT2D eigenvalue weighted by Crippen LogP contribution is -1.93. The Morgan fingerprint density at radius 2 is 2.14 bits per heavy atom. The third kappa shape index (κ3) is 2.71. The lowest BCUT2D eigenvalue weighted by molar-refractivity contribution is 0.411. The number of benzene rings is 1. The average molecular weight is 368 g/mol. The van der Waals surface area contributed by atoms with Crippen molar-refractivity contribution in [3.8, 4) is 17.4 Å². The van der Waals surface area contributed by atoms with E-state index in [1.165, 1.54) is 0 Å². The molecular weight excluding hydrogens is 356 g/mol. The van der Waals surface area contributed by atoms with Gasteiger partial charge in [0.25, 0.3) is 0 Å². The topological polar surface area (TPSA) is 35.8 Å². The number of halogens is 2. The minimum absolute atomic E-state index is 0.314. The van der Waals surface area contributed by atoms with E-state index in [1.807, 2.05) is 47.0 Å². The molecule has 108 valence electrons. The maximum absolute atomic E-state index is 6.03. The Bertz CT molecular complexity index is 788. The molecule has 0 fully saturated rings. The number of hydrogen-bond acceptors (Lipinski definition) is 3. The Labute approximate surface area is 135 Å². The summed E-state index contributed by atoms with van der Waals surface area (Å²) in [6.07, 6.45) is 1.91. The summed E-state index contributed by atoms with van der Waals surface area (Å²) in [5, 5.41) is 0. The van der Waals surface area contributed by atoms with Gasteiger partial charge < -0.3 is 9.47 Å². The summed E-state index contributed by atoms with van der Waals surface area (Å²) in [4.78, 5) is 4.47. The van der Waals surface area contributed by atoms with Crippen LogP contribution in [0.25, 0.3) is 5.65 Å². The van der Waals surface area contributed by atoms with Crippen LogP contribution in [-0.4, -0.2) is 16.5 Å². The molecule has 0 unspecified atom stereocenters. The van der Waals surface area contributed by atoms with Crippen LogP contribution in [0.3, 0.4) is 0 Å². The van der Waals surface area contributed by atoms with Crippen molar-refractivity contribution in [1.29, 1.82) is 0 Å². The molecule has 2 aromatic heterocycles. The summed E-state index contributed by atoms with van der Waals surface area (Å²) in [6.45, 7) is 0. The first-order valence-electron chi connectivity index (χ1n) is 6.26. The van der Waals surface area contributed by atoms with E-state index in [1.54, 1.807) is 7.11 Å². The molecule has 0 bridgehead atoms. The van der Waals surface area contributed by atoms with Gasteiger partial charge in [0.15, 0.2) is 0 Å². The fraction of sp³-hybridized carbons (Fsp3) is 0.133. The number of hydrogen-bond donors (Lipinski definition) is 0. The van der Waals surface area contributed by atoms with Crippen LogP contribution in [0.2, 0.25) is 0 Å². The first-order valence-corrected chi connectivity index (χ1v) is 7.59. The van der Waals surface area contributed by atoms with E-state index < -0.39 is 0 Å². The van der Waals surface area contributed by atoms with Gasteiger partial charge in [-0.2, -0.15) is 4.98 Å². The van der Waals surface area contributed by atoms with E-state index in [0.29, 0.717) is 17.5 Å². The van der Waals surface area contributed by atoms with E-state index >= 15 is 0 Å². The van der Waals surface area contributed by atoms with E-state index in [4.69, 9.17) is 21.1 Å². The molecule has 0 saturated heterocycles. The molecule has 2 heterocycles. The number of pyridine rings is 1.